The molecule has 0 spiro atoms. The van der Waals surface area contributed by atoms with Gasteiger partial charge < -0.3 is 13.6 Å². The van der Waals surface area contributed by atoms with E-state index in [1.54, 1.807) is 0 Å². The van der Waals surface area contributed by atoms with Gasteiger partial charge in [0, 0.05) is 19.8 Å². The third kappa shape index (κ3) is 3.13. The Hall–Kier alpha value is 0.0969. The highest BCUT2D eigenvalue weighted by Crippen LogP contribution is 2.44. The molecule has 116 valence electrons. The standard InChI is InChI=1S/C16H30O3Si/c1-17-20(18-2,14-6-4-3-5-7-14)11-10-13-8-9-15-16(12-13)19-15/h13-16H,3-12H2,1-2H3. The van der Waals surface area contributed by atoms with Crippen LogP contribution in [0.15, 0.2) is 0 Å². The molecule has 3 rings (SSSR count). The molecule has 0 aromatic rings. The molecule has 0 N–H and O–H groups in total. The van der Waals surface area contributed by atoms with Gasteiger partial charge in [-0.2, -0.15) is 0 Å². The van der Waals surface area contributed by atoms with Gasteiger partial charge in [-0.3, -0.25) is 0 Å². The number of fused-ring (bicyclic) bond motifs is 1. The zero-order valence-electron chi connectivity index (χ0n) is 13.1. The summed E-state index contributed by atoms with van der Waals surface area (Å²) in [6, 6.07) is 1.19. The zero-order valence-corrected chi connectivity index (χ0v) is 14.1. The molecule has 20 heavy (non-hydrogen) atoms. The summed E-state index contributed by atoms with van der Waals surface area (Å²) in [5.41, 5.74) is 0.722. The third-order valence-electron chi connectivity index (χ3n) is 5.93. The minimum Gasteiger partial charge on any atom is -0.397 e. The van der Waals surface area contributed by atoms with Gasteiger partial charge in [0.05, 0.1) is 12.2 Å². The van der Waals surface area contributed by atoms with Crippen molar-refractivity contribution in [2.45, 2.75) is 81.6 Å². The monoisotopic (exact) mass is 298 g/mol. The first-order valence-corrected chi connectivity index (χ1v) is 10.6. The average Bonchev–Trinajstić information content (AvgIpc) is 3.28. The maximum absolute atomic E-state index is 6.04. The molecule has 1 aliphatic heterocycles. The summed E-state index contributed by atoms with van der Waals surface area (Å²) in [5, 5.41) is 0. The normalized spacial score (nSPS) is 34.8. The molecule has 1 saturated heterocycles. The van der Waals surface area contributed by atoms with Crippen LogP contribution >= 0.6 is 0 Å². The van der Waals surface area contributed by atoms with E-state index in [0.29, 0.717) is 12.2 Å². The third-order valence-corrected chi connectivity index (χ3v) is 10.1. The van der Waals surface area contributed by atoms with Crippen molar-refractivity contribution in [3.8, 4) is 0 Å². The minimum absolute atomic E-state index is 0.601. The van der Waals surface area contributed by atoms with Crippen LogP contribution in [0.5, 0.6) is 0 Å². The number of hydrogen-bond acceptors (Lipinski definition) is 3. The predicted octanol–water partition coefficient (Wildman–Crippen LogP) is 4.01. The van der Waals surface area contributed by atoms with E-state index < -0.39 is 8.56 Å². The summed E-state index contributed by atoms with van der Waals surface area (Å²) in [5.74, 6) is 0.847. The van der Waals surface area contributed by atoms with Crippen LogP contribution in [0.3, 0.4) is 0 Å². The van der Waals surface area contributed by atoms with E-state index in [1.165, 1.54) is 63.8 Å². The lowest BCUT2D eigenvalue weighted by Crippen LogP contribution is -2.46. The fourth-order valence-corrected chi connectivity index (χ4v) is 8.27. The molecule has 3 unspecified atom stereocenters. The topological polar surface area (TPSA) is 31.0 Å². The molecule has 0 amide bonds. The molecule has 1 heterocycles. The smallest absolute Gasteiger partial charge is 0.340 e. The number of rotatable bonds is 6. The predicted molar refractivity (Wildman–Crippen MR) is 82.0 cm³/mol. The lowest BCUT2D eigenvalue weighted by Gasteiger charge is -2.38. The number of epoxide rings is 1. The molecular formula is C16H30O3Si. The van der Waals surface area contributed by atoms with Crippen molar-refractivity contribution in [2.24, 2.45) is 5.92 Å². The molecule has 4 heteroatoms. The van der Waals surface area contributed by atoms with E-state index in [0.717, 1.165) is 11.5 Å². The van der Waals surface area contributed by atoms with Crippen molar-refractivity contribution >= 4 is 8.56 Å². The molecule has 0 aromatic heterocycles. The average molecular weight is 298 g/mol. The van der Waals surface area contributed by atoms with Crippen molar-refractivity contribution in [1.82, 2.24) is 0 Å². The maximum Gasteiger partial charge on any atom is 0.340 e. The van der Waals surface area contributed by atoms with Gasteiger partial charge in [0.25, 0.3) is 0 Å². The van der Waals surface area contributed by atoms with Crippen LogP contribution in [0.25, 0.3) is 0 Å². The fourth-order valence-electron chi connectivity index (χ4n) is 4.52. The molecule has 0 radical (unpaired) electrons. The second kappa shape index (κ2) is 6.47. The van der Waals surface area contributed by atoms with E-state index >= 15 is 0 Å². The highest BCUT2D eigenvalue weighted by Gasteiger charge is 2.47. The minimum atomic E-state index is -1.98. The largest absolute Gasteiger partial charge is 0.397 e. The Morgan fingerprint density at radius 3 is 2.35 bits per heavy atom. The van der Waals surface area contributed by atoms with Crippen molar-refractivity contribution < 1.29 is 13.6 Å². The van der Waals surface area contributed by atoms with Crippen LogP contribution in [0.1, 0.15) is 57.8 Å². The Morgan fingerprint density at radius 1 is 0.950 bits per heavy atom. The van der Waals surface area contributed by atoms with Gasteiger partial charge in [0.2, 0.25) is 0 Å². The molecular weight excluding hydrogens is 268 g/mol. The Morgan fingerprint density at radius 2 is 1.70 bits per heavy atom. The van der Waals surface area contributed by atoms with Crippen LogP contribution in [-0.2, 0) is 13.6 Å². The quantitative estimate of drug-likeness (QED) is 0.548. The van der Waals surface area contributed by atoms with Gasteiger partial charge in [-0.1, -0.05) is 19.3 Å². The first kappa shape index (κ1) is 15.0. The van der Waals surface area contributed by atoms with Crippen molar-refractivity contribution in [1.29, 1.82) is 0 Å². The molecule has 0 aromatic carbocycles. The second-order valence-corrected chi connectivity index (χ2v) is 10.7. The number of hydrogen-bond donors (Lipinski definition) is 0. The summed E-state index contributed by atoms with van der Waals surface area (Å²) in [6.07, 6.45) is 13.2. The SMILES string of the molecule is CO[Si](CCC1CCC2OC2C1)(OC)C1CCCCC1. The molecule has 3 fully saturated rings. The Labute approximate surface area is 124 Å². The van der Waals surface area contributed by atoms with E-state index in [-0.39, 0.29) is 0 Å². The summed E-state index contributed by atoms with van der Waals surface area (Å²) in [7, 11) is 1.81. The van der Waals surface area contributed by atoms with Gasteiger partial charge >= 0.3 is 8.56 Å². The Balaban J connectivity index is 1.55. The summed E-state index contributed by atoms with van der Waals surface area (Å²) in [6.45, 7) is 0. The lowest BCUT2D eigenvalue weighted by atomic mass is 9.87. The maximum atomic E-state index is 6.04. The van der Waals surface area contributed by atoms with E-state index in [9.17, 15) is 0 Å². The summed E-state index contributed by atoms with van der Waals surface area (Å²) >= 11 is 0. The van der Waals surface area contributed by atoms with E-state index in [1.807, 2.05) is 14.2 Å². The van der Waals surface area contributed by atoms with Crippen LogP contribution in [-0.4, -0.2) is 35.0 Å². The van der Waals surface area contributed by atoms with Crippen molar-refractivity contribution in [2.75, 3.05) is 14.2 Å². The van der Waals surface area contributed by atoms with E-state index in [4.69, 9.17) is 13.6 Å². The number of ether oxygens (including phenoxy) is 1. The van der Waals surface area contributed by atoms with Gasteiger partial charge in [-0.15, -0.1) is 0 Å². The van der Waals surface area contributed by atoms with Crippen molar-refractivity contribution in [3.05, 3.63) is 0 Å². The molecule has 0 bridgehead atoms. The molecule has 2 aliphatic carbocycles. The summed E-state index contributed by atoms with van der Waals surface area (Å²) in [4.78, 5) is 0. The van der Waals surface area contributed by atoms with E-state index in [2.05, 4.69) is 0 Å². The second-order valence-electron chi connectivity index (χ2n) is 6.99. The van der Waals surface area contributed by atoms with Crippen LogP contribution in [0.2, 0.25) is 11.6 Å². The Kier molecular flexibility index (Phi) is 4.85. The first-order valence-electron chi connectivity index (χ1n) is 8.53. The summed E-state index contributed by atoms with van der Waals surface area (Å²) < 4.78 is 17.7. The van der Waals surface area contributed by atoms with Gasteiger partial charge in [-0.05, 0) is 50.5 Å². The van der Waals surface area contributed by atoms with Crippen LogP contribution in [0, 0.1) is 5.92 Å². The first-order chi connectivity index (χ1) is 9.77. The van der Waals surface area contributed by atoms with Crippen molar-refractivity contribution in [3.63, 3.8) is 0 Å². The van der Waals surface area contributed by atoms with Crippen LogP contribution < -0.4 is 0 Å². The van der Waals surface area contributed by atoms with Gasteiger partial charge in [0.1, 0.15) is 0 Å². The van der Waals surface area contributed by atoms with Gasteiger partial charge in [0.15, 0.2) is 0 Å². The molecule has 2 saturated carbocycles. The Bertz CT molecular complexity index is 313. The molecule has 3 nitrogen and oxygen atoms in total. The van der Waals surface area contributed by atoms with Crippen LogP contribution in [0.4, 0.5) is 0 Å². The lowest BCUT2D eigenvalue weighted by molar-refractivity contribution is 0.210. The zero-order chi connectivity index (χ0) is 14.0. The molecule has 3 atom stereocenters. The highest BCUT2D eigenvalue weighted by molar-refractivity contribution is 6.69. The highest BCUT2D eigenvalue weighted by atomic mass is 28.4. The van der Waals surface area contributed by atoms with Gasteiger partial charge in [-0.25, -0.2) is 0 Å². The fraction of sp³-hybridized carbons (Fsp3) is 1.00. The molecule has 3 aliphatic rings.